The summed E-state index contributed by atoms with van der Waals surface area (Å²) in [5, 5.41) is 7.14. The van der Waals surface area contributed by atoms with Gasteiger partial charge in [0, 0.05) is 13.2 Å². The third-order valence-corrected chi connectivity index (χ3v) is 5.89. The molecular weight excluding hydrogens is 250 g/mol. The second kappa shape index (κ2) is 5.40. The Labute approximate surface area is 108 Å². The van der Waals surface area contributed by atoms with Gasteiger partial charge in [0.25, 0.3) is 0 Å². The van der Waals surface area contributed by atoms with Gasteiger partial charge in [0.2, 0.25) is 0 Å². The van der Waals surface area contributed by atoms with Gasteiger partial charge in [-0.3, -0.25) is 4.68 Å². The van der Waals surface area contributed by atoms with Gasteiger partial charge in [0.1, 0.15) is 0 Å². The molecule has 1 aliphatic heterocycles. The Kier molecular flexibility index (Phi) is 4.07. The average molecular weight is 271 g/mol. The highest BCUT2D eigenvalue weighted by molar-refractivity contribution is 7.92. The number of rotatable bonds is 4. The van der Waals surface area contributed by atoms with E-state index in [0.29, 0.717) is 5.75 Å². The van der Waals surface area contributed by atoms with Crippen LogP contribution in [0, 0.1) is 0 Å². The Morgan fingerprint density at radius 3 is 2.89 bits per heavy atom. The maximum absolute atomic E-state index is 12.2. The second-order valence-electron chi connectivity index (χ2n) is 4.82. The molecule has 1 saturated heterocycles. The zero-order valence-corrected chi connectivity index (χ0v) is 11.8. The standard InChI is InChI=1S/C12H21N3O2S/c1-3-13-12(10-7-8-14-15(10)2)11-6-4-5-9-18(11,16)17/h7-8,11-13H,3-6,9H2,1-2H3. The van der Waals surface area contributed by atoms with Crippen LogP contribution in [-0.2, 0) is 16.9 Å². The SMILES string of the molecule is CCNC(c1ccnn1C)C1CCCCS1(=O)=O. The van der Waals surface area contributed by atoms with E-state index in [4.69, 9.17) is 0 Å². The molecule has 18 heavy (non-hydrogen) atoms. The number of aryl methyl sites for hydroxylation is 1. The van der Waals surface area contributed by atoms with E-state index < -0.39 is 9.84 Å². The van der Waals surface area contributed by atoms with E-state index in [0.717, 1.165) is 31.5 Å². The maximum atomic E-state index is 12.2. The molecule has 0 saturated carbocycles. The molecule has 5 nitrogen and oxygen atoms in total. The fourth-order valence-electron chi connectivity index (χ4n) is 2.69. The van der Waals surface area contributed by atoms with E-state index in [-0.39, 0.29) is 11.3 Å². The molecule has 1 N–H and O–H groups in total. The van der Waals surface area contributed by atoms with E-state index in [9.17, 15) is 8.42 Å². The van der Waals surface area contributed by atoms with Crippen LogP contribution in [0.2, 0.25) is 0 Å². The molecule has 0 aliphatic carbocycles. The quantitative estimate of drug-likeness (QED) is 0.888. The Morgan fingerprint density at radius 1 is 1.56 bits per heavy atom. The van der Waals surface area contributed by atoms with Crippen LogP contribution in [-0.4, -0.2) is 35.7 Å². The van der Waals surface area contributed by atoms with Crippen molar-refractivity contribution in [1.82, 2.24) is 15.1 Å². The summed E-state index contributed by atoms with van der Waals surface area (Å²) < 4.78 is 26.2. The summed E-state index contributed by atoms with van der Waals surface area (Å²) in [4.78, 5) is 0. The van der Waals surface area contributed by atoms with E-state index in [1.807, 2.05) is 20.0 Å². The van der Waals surface area contributed by atoms with Crippen LogP contribution in [0.15, 0.2) is 12.3 Å². The summed E-state index contributed by atoms with van der Waals surface area (Å²) in [7, 11) is -1.14. The molecule has 102 valence electrons. The molecule has 1 fully saturated rings. The van der Waals surface area contributed by atoms with Gasteiger partial charge in [0.05, 0.1) is 22.7 Å². The molecular formula is C12H21N3O2S. The highest BCUT2D eigenvalue weighted by Gasteiger charge is 2.37. The number of sulfone groups is 1. The van der Waals surface area contributed by atoms with Crippen LogP contribution in [0.4, 0.5) is 0 Å². The number of aromatic nitrogens is 2. The minimum Gasteiger partial charge on any atom is -0.308 e. The molecule has 2 rings (SSSR count). The van der Waals surface area contributed by atoms with E-state index in [1.165, 1.54) is 0 Å². The monoisotopic (exact) mass is 271 g/mol. The van der Waals surface area contributed by atoms with Gasteiger partial charge >= 0.3 is 0 Å². The molecule has 0 amide bonds. The van der Waals surface area contributed by atoms with Crippen LogP contribution < -0.4 is 5.32 Å². The number of nitrogens with zero attached hydrogens (tertiary/aromatic N) is 2. The molecule has 1 aromatic rings. The smallest absolute Gasteiger partial charge is 0.155 e. The third-order valence-electron chi connectivity index (χ3n) is 3.60. The summed E-state index contributed by atoms with van der Waals surface area (Å²) in [6.45, 7) is 2.75. The maximum Gasteiger partial charge on any atom is 0.155 e. The van der Waals surface area contributed by atoms with Crippen molar-refractivity contribution in [2.45, 2.75) is 37.5 Å². The van der Waals surface area contributed by atoms with Crippen LogP contribution in [0.5, 0.6) is 0 Å². The highest BCUT2D eigenvalue weighted by atomic mass is 32.2. The largest absolute Gasteiger partial charge is 0.308 e. The zero-order chi connectivity index (χ0) is 13.2. The van der Waals surface area contributed by atoms with Crippen molar-refractivity contribution in [3.05, 3.63) is 18.0 Å². The first-order chi connectivity index (χ1) is 8.56. The van der Waals surface area contributed by atoms with Gasteiger partial charge in [-0.05, 0) is 25.5 Å². The van der Waals surface area contributed by atoms with E-state index >= 15 is 0 Å². The summed E-state index contributed by atoms with van der Waals surface area (Å²) in [6.07, 6.45) is 4.24. The lowest BCUT2D eigenvalue weighted by molar-refractivity contribution is 0.435. The minimum absolute atomic E-state index is 0.146. The van der Waals surface area contributed by atoms with Crippen molar-refractivity contribution in [3.63, 3.8) is 0 Å². The van der Waals surface area contributed by atoms with Gasteiger partial charge in [0.15, 0.2) is 9.84 Å². The average Bonchev–Trinajstić information content (AvgIpc) is 2.72. The van der Waals surface area contributed by atoms with E-state index in [1.54, 1.807) is 10.9 Å². The van der Waals surface area contributed by atoms with Crippen molar-refractivity contribution in [2.75, 3.05) is 12.3 Å². The van der Waals surface area contributed by atoms with Crippen molar-refractivity contribution < 1.29 is 8.42 Å². The van der Waals surface area contributed by atoms with Gasteiger partial charge in [-0.2, -0.15) is 5.10 Å². The summed E-state index contributed by atoms with van der Waals surface area (Å²) in [6, 6.07) is 1.75. The van der Waals surface area contributed by atoms with Crippen LogP contribution in [0.1, 0.15) is 37.9 Å². The number of hydrogen-bond donors (Lipinski definition) is 1. The Morgan fingerprint density at radius 2 is 2.33 bits per heavy atom. The van der Waals surface area contributed by atoms with Crippen molar-refractivity contribution in [3.8, 4) is 0 Å². The Hall–Kier alpha value is -0.880. The summed E-state index contributed by atoms with van der Waals surface area (Å²) >= 11 is 0. The molecule has 2 unspecified atom stereocenters. The van der Waals surface area contributed by atoms with Crippen LogP contribution >= 0.6 is 0 Å². The van der Waals surface area contributed by atoms with Gasteiger partial charge < -0.3 is 5.32 Å². The van der Waals surface area contributed by atoms with Crippen molar-refractivity contribution >= 4 is 9.84 Å². The number of nitrogens with one attached hydrogen (secondary N) is 1. The molecule has 0 spiro atoms. The highest BCUT2D eigenvalue weighted by Crippen LogP contribution is 2.30. The lowest BCUT2D eigenvalue weighted by Crippen LogP contribution is -2.41. The first-order valence-corrected chi connectivity index (χ1v) is 8.20. The molecule has 1 aliphatic rings. The van der Waals surface area contributed by atoms with E-state index in [2.05, 4.69) is 10.4 Å². The zero-order valence-electron chi connectivity index (χ0n) is 11.0. The van der Waals surface area contributed by atoms with Gasteiger partial charge in [-0.15, -0.1) is 0 Å². The molecule has 0 aromatic carbocycles. The summed E-state index contributed by atoms with van der Waals surface area (Å²) in [5.74, 6) is 0.317. The van der Waals surface area contributed by atoms with Crippen molar-refractivity contribution in [2.24, 2.45) is 7.05 Å². The van der Waals surface area contributed by atoms with Crippen LogP contribution in [0.3, 0.4) is 0 Å². The fraction of sp³-hybridized carbons (Fsp3) is 0.750. The first kappa shape index (κ1) is 13.5. The molecule has 0 radical (unpaired) electrons. The molecule has 1 aromatic heterocycles. The predicted molar refractivity (Wildman–Crippen MR) is 71.1 cm³/mol. The molecule has 2 atom stereocenters. The topological polar surface area (TPSA) is 64.0 Å². The third kappa shape index (κ3) is 2.59. The fourth-order valence-corrected chi connectivity index (χ4v) is 4.77. The molecule has 6 heteroatoms. The molecule has 2 heterocycles. The lowest BCUT2D eigenvalue weighted by atomic mass is 10.0. The van der Waals surface area contributed by atoms with Crippen LogP contribution in [0.25, 0.3) is 0 Å². The Bertz CT molecular complexity index is 495. The van der Waals surface area contributed by atoms with Gasteiger partial charge in [-0.25, -0.2) is 8.42 Å². The summed E-state index contributed by atoms with van der Waals surface area (Å²) in [5.41, 5.74) is 0.951. The van der Waals surface area contributed by atoms with Crippen molar-refractivity contribution in [1.29, 1.82) is 0 Å². The second-order valence-corrected chi connectivity index (χ2v) is 7.16. The lowest BCUT2D eigenvalue weighted by Gasteiger charge is -2.30. The predicted octanol–water partition coefficient (Wildman–Crippen LogP) is 1.04. The minimum atomic E-state index is -2.99. The molecule has 0 bridgehead atoms. The normalized spacial score (nSPS) is 24.9. The first-order valence-electron chi connectivity index (χ1n) is 6.49. The number of hydrogen-bond acceptors (Lipinski definition) is 4. The van der Waals surface area contributed by atoms with Gasteiger partial charge in [-0.1, -0.05) is 13.3 Å². The Balaban J connectivity index is 2.33.